The fraction of sp³-hybridized carbons (Fsp3) is 0.600. The molecule has 4 rings (SSSR count). The van der Waals surface area contributed by atoms with Crippen molar-refractivity contribution in [3.05, 3.63) is 57.3 Å². The van der Waals surface area contributed by atoms with Crippen LogP contribution >= 0.6 is 0 Å². The summed E-state index contributed by atoms with van der Waals surface area (Å²) in [6, 6.07) is 6.14. The number of ether oxygens (including phenoxy) is 1. The van der Waals surface area contributed by atoms with Gasteiger partial charge in [-0.2, -0.15) is 0 Å². The van der Waals surface area contributed by atoms with E-state index in [1.165, 1.54) is 12.1 Å². The fourth-order valence-corrected chi connectivity index (χ4v) is 5.58. The van der Waals surface area contributed by atoms with Crippen LogP contribution in [0.5, 0.6) is 5.75 Å². The standard InChI is InChI=1S/C25H35N3O2/c1-16(2)9-10-23-20-11-19(22-7-6-8-24(29)28(22)23)13-27(14-20)15-21-18(4)25(30-5)17(3)12-26-21/h6-8,12,16,19-20,23H,9-11,13-15H2,1-5H3/t19-,20+,23+/m1/s1. The van der Waals surface area contributed by atoms with Gasteiger partial charge in [-0.25, -0.2) is 0 Å². The summed E-state index contributed by atoms with van der Waals surface area (Å²) in [6.45, 7) is 11.5. The third-order valence-electron chi connectivity index (χ3n) is 7.04. The van der Waals surface area contributed by atoms with Gasteiger partial charge in [0.1, 0.15) is 5.75 Å². The summed E-state index contributed by atoms with van der Waals surface area (Å²) in [7, 11) is 1.73. The Morgan fingerprint density at radius 3 is 2.77 bits per heavy atom. The molecule has 1 fully saturated rings. The molecule has 3 atom stereocenters. The zero-order valence-electron chi connectivity index (χ0n) is 19.0. The van der Waals surface area contributed by atoms with E-state index in [9.17, 15) is 4.79 Å². The molecule has 0 unspecified atom stereocenters. The van der Waals surface area contributed by atoms with Gasteiger partial charge in [0.15, 0.2) is 0 Å². The van der Waals surface area contributed by atoms with E-state index in [1.54, 1.807) is 13.2 Å². The van der Waals surface area contributed by atoms with Gasteiger partial charge < -0.3 is 9.30 Å². The number of hydrogen-bond acceptors (Lipinski definition) is 4. The third kappa shape index (κ3) is 3.92. The number of likely N-dealkylation sites (tertiary alicyclic amines) is 1. The number of aromatic nitrogens is 2. The Balaban J connectivity index is 1.62. The molecule has 0 saturated carbocycles. The first-order valence-corrected chi connectivity index (χ1v) is 11.3. The molecule has 1 saturated heterocycles. The summed E-state index contributed by atoms with van der Waals surface area (Å²) in [6.07, 6.45) is 5.34. The number of aryl methyl sites for hydroxylation is 1. The molecular weight excluding hydrogens is 374 g/mol. The Hall–Kier alpha value is -2.14. The SMILES string of the molecule is COc1c(C)cnc(CN2C[C@H]3C[C@@H](C2)[C@H](CCC(C)C)n2c3cccc2=O)c1C. The van der Waals surface area contributed by atoms with Gasteiger partial charge in [0.05, 0.1) is 12.8 Å². The summed E-state index contributed by atoms with van der Waals surface area (Å²) in [5, 5.41) is 0. The smallest absolute Gasteiger partial charge is 0.250 e. The second kappa shape index (κ2) is 8.54. The molecule has 5 nitrogen and oxygen atoms in total. The van der Waals surface area contributed by atoms with Crippen molar-refractivity contribution < 1.29 is 4.74 Å². The third-order valence-corrected chi connectivity index (χ3v) is 7.04. The number of methoxy groups -OCH3 is 1. The molecule has 0 spiro atoms. The highest BCUT2D eigenvalue weighted by atomic mass is 16.5. The molecule has 0 N–H and O–H groups in total. The number of nitrogens with zero attached hydrogens (tertiary/aromatic N) is 3. The highest BCUT2D eigenvalue weighted by Crippen LogP contribution is 2.43. The first-order chi connectivity index (χ1) is 14.4. The molecule has 0 amide bonds. The van der Waals surface area contributed by atoms with Gasteiger partial charge in [-0.15, -0.1) is 0 Å². The predicted molar refractivity (Wildman–Crippen MR) is 120 cm³/mol. The zero-order valence-corrected chi connectivity index (χ0v) is 19.0. The van der Waals surface area contributed by atoms with Crippen LogP contribution in [0.3, 0.4) is 0 Å². The molecule has 30 heavy (non-hydrogen) atoms. The normalized spacial score (nSPS) is 23.5. The van der Waals surface area contributed by atoms with E-state index in [4.69, 9.17) is 9.72 Å². The largest absolute Gasteiger partial charge is 0.496 e. The Labute approximate surface area is 180 Å². The van der Waals surface area contributed by atoms with Gasteiger partial charge >= 0.3 is 0 Å². The molecule has 5 heteroatoms. The lowest BCUT2D eigenvalue weighted by molar-refractivity contribution is 0.0788. The topological polar surface area (TPSA) is 47.4 Å². The van der Waals surface area contributed by atoms with Crippen LogP contribution in [0.4, 0.5) is 0 Å². The second-order valence-electron chi connectivity index (χ2n) is 9.63. The van der Waals surface area contributed by atoms with Crippen molar-refractivity contribution in [2.24, 2.45) is 11.8 Å². The van der Waals surface area contributed by atoms with E-state index < -0.39 is 0 Å². The maximum atomic E-state index is 12.8. The lowest BCUT2D eigenvalue weighted by atomic mass is 9.76. The number of rotatable bonds is 6. The summed E-state index contributed by atoms with van der Waals surface area (Å²) in [5.74, 6) is 2.53. The highest BCUT2D eigenvalue weighted by molar-refractivity contribution is 5.41. The molecule has 0 aromatic carbocycles. The maximum absolute atomic E-state index is 12.8. The van der Waals surface area contributed by atoms with Gasteiger partial charge in [-0.05, 0) is 51.0 Å². The van der Waals surface area contributed by atoms with Crippen LogP contribution in [-0.4, -0.2) is 34.7 Å². The first kappa shape index (κ1) is 21.1. The van der Waals surface area contributed by atoms with E-state index in [1.807, 2.05) is 19.2 Å². The highest BCUT2D eigenvalue weighted by Gasteiger charge is 2.40. The molecule has 2 aromatic rings. The number of piperidine rings is 1. The van der Waals surface area contributed by atoms with E-state index in [0.717, 1.165) is 55.0 Å². The van der Waals surface area contributed by atoms with Gasteiger partial charge in [0.25, 0.3) is 5.56 Å². The summed E-state index contributed by atoms with van der Waals surface area (Å²) in [5.41, 5.74) is 4.72. The number of hydrogen-bond donors (Lipinski definition) is 0. The van der Waals surface area contributed by atoms with Gasteiger partial charge in [-0.3, -0.25) is 14.7 Å². The average molecular weight is 410 g/mol. The van der Waals surface area contributed by atoms with Crippen molar-refractivity contribution >= 4 is 0 Å². The van der Waals surface area contributed by atoms with Crippen LogP contribution in [0.25, 0.3) is 0 Å². The maximum Gasteiger partial charge on any atom is 0.250 e. The molecule has 2 bridgehead atoms. The lowest BCUT2D eigenvalue weighted by Gasteiger charge is -2.47. The Bertz CT molecular complexity index is 965. The van der Waals surface area contributed by atoms with E-state index in [-0.39, 0.29) is 5.56 Å². The van der Waals surface area contributed by atoms with E-state index >= 15 is 0 Å². The van der Waals surface area contributed by atoms with Gasteiger partial charge in [0, 0.05) is 60.7 Å². The van der Waals surface area contributed by atoms with Crippen LogP contribution in [0.15, 0.2) is 29.2 Å². The minimum atomic E-state index is 0.171. The Kier molecular flexibility index (Phi) is 6.01. The second-order valence-corrected chi connectivity index (χ2v) is 9.63. The average Bonchev–Trinajstić information content (AvgIpc) is 2.71. The molecular formula is C25H35N3O2. The zero-order chi connectivity index (χ0) is 21.4. The first-order valence-electron chi connectivity index (χ1n) is 11.3. The van der Waals surface area contributed by atoms with Crippen LogP contribution < -0.4 is 10.3 Å². The fourth-order valence-electron chi connectivity index (χ4n) is 5.58. The van der Waals surface area contributed by atoms with Gasteiger partial charge in [-0.1, -0.05) is 19.9 Å². The molecule has 162 valence electrons. The van der Waals surface area contributed by atoms with Crippen molar-refractivity contribution in [1.82, 2.24) is 14.5 Å². The predicted octanol–water partition coefficient (Wildman–Crippen LogP) is 4.47. The molecule has 2 aliphatic heterocycles. The molecule has 2 aromatic heterocycles. The van der Waals surface area contributed by atoms with Crippen LogP contribution in [0, 0.1) is 25.7 Å². The minimum Gasteiger partial charge on any atom is -0.496 e. The van der Waals surface area contributed by atoms with Crippen molar-refractivity contribution in [1.29, 1.82) is 0 Å². The lowest BCUT2D eigenvalue weighted by Crippen LogP contribution is -2.49. The molecule has 2 aliphatic rings. The number of pyridine rings is 2. The summed E-state index contributed by atoms with van der Waals surface area (Å²) in [4.78, 5) is 20.1. The van der Waals surface area contributed by atoms with Crippen molar-refractivity contribution in [2.75, 3.05) is 20.2 Å². The van der Waals surface area contributed by atoms with Crippen molar-refractivity contribution in [3.8, 4) is 5.75 Å². The van der Waals surface area contributed by atoms with Crippen LogP contribution in [-0.2, 0) is 6.54 Å². The molecule has 0 radical (unpaired) electrons. The quantitative estimate of drug-likeness (QED) is 0.706. The monoisotopic (exact) mass is 409 g/mol. The minimum absolute atomic E-state index is 0.171. The Morgan fingerprint density at radius 2 is 2.03 bits per heavy atom. The Morgan fingerprint density at radius 1 is 1.23 bits per heavy atom. The van der Waals surface area contributed by atoms with E-state index in [2.05, 4.69) is 36.3 Å². The van der Waals surface area contributed by atoms with Gasteiger partial charge in [0.2, 0.25) is 0 Å². The summed E-state index contributed by atoms with van der Waals surface area (Å²) >= 11 is 0. The van der Waals surface area contributed by atoms with Crippen LogP contribution in [0.2, 0.25) is 0 Å². The summed E-state index contributed by atoms with van der Waals surface area (Å²) < 4.78 is 7.75. The molecule has 4 heterocycles. The van der Waals surface area contributed by atoms with Crippen molar-refractivity contribution in [2.45, 2.75) is 65.5 Å². The molecule has 0 aliphatic carbocycles. The number of fused-ring (bicyclic) bond motifs is 4. The van der Waals surface area contributed by atoms with E-state index in [0.29, 0.717) is 23.8 Å². The van der Waals surface area contributed by atoms with Crippen LogP contribution in [0.1, 0.15) is 67.6 Å². The van der Waals surface area contributed by atoms with Crippen molar-refractivity contribution in [3.63, 3.8) is 0 Å².